The third-order valence-corrected chi connectivity index (χ3v) is 4.02. The van der Waals surface area contributed by atoms with Crippen molar-refractivity contribution >= 4 is 29.8 Å². The minimum atomic E-state index is -0.623. The van der Waals surface area contributed by atoms with Crippen molar-refractivity contribution in [1.82, 2.24) is 9.88 Å². The van der Waals surface area contributed by atoms with Gasteiger partial charge in [0.1, 0.15) is 11.9 Å². The first-order valence-electron chi connectivity index (χ1n) is 8.03. The fourth-order valence-electron chi connectivity index (χ4n) is 2.70. The molecule has 1 aliphatic rings. The molecule has 1 fully saturated rings. The number of hydrogen-bond donors (Lipinski definition) is 2. The van der Waals surface area contributed by atoms with Crippen LogP contribution in [0.25, 0.3) is 5.69 Å². The molecule has 1 aliphatic heterocycles. The highest BCUT2D eigenvalue weighted by Gasteiger charge is 2.32. The van der Waals surface area contributed by atoms with E-state index in [0.717, 1.165) is 0 Å². The van der Waals surface area contributed by atoms with Crippen LogP contribution in [0.1, 0.15) is 6.92 Å². The Morgan fingerprint density at radius 3 is 2.93 bits per heavy atom. The summed E-state index contributed by atoms with van der Waals surface area (Å²) in [6, 6.07) is 5.64. The fraction of sp³-hybridized carbons (Fsp3) is 0.235. The van der Waals surface area contributed by atoms with E-state index in [1.165, 1.54) is 47.0 Å². The molecule has 9 nitrogen and oxygen atoms in total. The van der Waals surface area contributed by atoms with Crippen molar-refractivity contribution in [3.8, 4) is 5.69 Å². The van der Waals surface area contributed by atoms with Gasteiger partial charge in [0.05, 0.1) is 30.2 Å². The number of hydrogen-bond acceptors (Lipinski definition) is 5. The van der Waals surface area contributed by atoms with Gasteiger partial charge < -0.3 is 14.6 Å². The smallest absolute Gasteiger partial charge is 0.414 e. The number of carbonyl (C=O) groups excluding carboxylic acids is 3. The zero-order valence-electron chi connectivity index (χ0n) is 14.3. The molecule has 2 heterocycles. The van der Waals surface area contributed by atoms with Gasteiger partial charge in [0.15, 0.2) is 0 Å². The number of ether oxygens (including phenoxy) is 1. The van der Waals surface area contributed by atoms with Gasteiger partial charge in [-0.05, 0) is 24.3 Å². The topological polar surface area (TPSA) is 104 Å². The van der Waals surface area contributed by atoms with Crippen molar-refractivity contribution in [3.05, 3.63) is 42.5 Å². The van der Waals surface area contributed by atoms with Gasteiger partial charge in [-0.25, -0.2) is 9.18 Å². The summed E-state index contributed by atoms with van der Waals surface area (Å²) in [4.78, 5) is 34.8. The highest BCUT2D eigenvalue weighted by atomic mass is 19.1. The Kier molecular flexibility index (Phi) is 5.08. The number of nitrogens with zero attached hydrogens (tertiary/aromatic N) is 3. The van der Waals surface area contributed by atoms with E-state index >= 15 is 0 Å². The lowest BCUT2D eigenvalue weighted by atomic mass is 10.2. The van der Waals surface area contributed by atoms with Crippen LogP contribution >= 0.6 is 0 Å². The van der Waals surface area contributed by atoms with E-state index in [4.69, 9.17) is 4.74 Å². The molecular weight excluding hydrogens is 359 g/mol. The van der Waals surface area contributed by atoms with E-state index < -0.39 is 18.0 Å². The lowest BCUT2D eigenvalue weighted by molar-refractivity contribution is -0.119. The first kappa shape index (κ1) is 18.4. The van der Waals surface area contributed by atoms with E-state index in [1.807, 2.05) is 0 Å². The molecule has 1 aromatic carbocycles. The van der Waals surface area contributed by atoms with Gasteiger partial charge in [-0.15, -0.1) is 0 Å². The Morgan fingerprint density at radius 2 is 2.26 bits per heavy atom. The molecule has 3 amide bonds. The Bertz CT molecular complexity index is 884. The summed E-state index contributed by atoms with van der Waals surface area (Å²) >= 11 is 0. The molecule has 1 aromatic heterocycles. The van der Waals surface area contributed by atoms with E-state index in [1.54, 1.807) is 6.07 Å². The summed E-state index contributed by atoms with van der Waals surface area (Å²) < 4.78 is 21.1. The molecule has 0 saturated carbocycles. The lowest BCUT2D eigenvalue weighted by Gasteiger charge is -2.15. The highest BCUT2D eigenvalue weighted by molar-refractivity contribution is 5.90. The van der Waals surface area contributed by atoms with Gasteiger partial charge in [-0.2, -0.15) is 5.06 Å². The van der Waals surface area contributed by atoms with Crippen LogP contribution < -0.4 is 15.3 Å². The summed E-state index contributed by atoms with van der Waals surface area (Å²) in [7, 11) is 0. The normalized spacial score (nSPS) is 16.2. The molecule has 0 spiro atoms. The number of carbonyl (C=O) groups is 3. The van der Waals surface area contributed by atoms with Gasteiger partial charge in [0, 0.05) is 19.3 Å². The number of benzene rings is 1. The van der Waals surface area contributed by atoms with Crippen LogP contribution in [-0.4, -0.2) is 47.4 Å². The van der Waals surface area contributed by atoms with Crippen LogP contribution in [0.4, 0.5) is 20.6 Å². The second-order valence-corrected chi connectivity index (χ2v) is 5.92. The molecule has 0 bridgehead atoms. The maximum absolute atomic E-state index is 14.6. The zero-order chi connectivity index (χ0) is 19.6. The predicted molar refractivity (Wildman–Crippen MR) is 92.4 cm³/mol. The van der Waals surface area contributed by atoms with E-state index in [-0.39, 0.29) is 36.8 Å². The quantitative estimate of drug-likeness (QED) is 0.451. The fourth-order valence-corrected chi connectivity index (χ4v) is 2.70. The number of nitrogens with one attached hydrogen (secondary N) is 1. The van der Waals surface area contributed by atoms with Gasteiger partial charge in [0.25, 0.3) is 0 Å². The molecule has 1 saturated heterocycles. The zero-order valence-corrected chi connectivity index (χ0v) is 14.3. The second-order valence-electron chi connectivity index (χ2n) is 5.92. The molecule has 2 N–H and O–H groups in total. The molecule has 1 atom stereocenters. The average molecular weight is 376 g/mol. The number of cyclic esters (lactones) is 1. The molecule has 10 heteroatoms. The molecule has 3 rings (SSSR count). The summed E-state index contributed by atoms with van der Waals surface area (Å²) in [6.07, 6.45) is 1.93. The maximum Gasteiger partial charge on any atom is 0.414 e. The Labute approximate surface area is 153 Å². The van der Waals surface area contributed by atoms with Crippen molar-refractivity contribution in [2.45, 2.75) is 13.0 Å². The molecule has 27 heavy (non-hydrogen) atoms. The summed E-state index contributed by atoms with van der Waals surface area (Å²) in [5.41, 5.74) is 0.666. The number of halogens is 1. The second kappa shape index (κ2) is 7.46. The number of rotatable bonds is 6. The number of amides is 3. The molecule has 1 unspecified atom stereocenters. The molecule has 0 aliphatic carbocycles. The van der Waals surface area contributed by atoms with Crippen LogP contribution in [0.2, 0.25) is 0 Å². The molecular formula is C17H17FN4O5. The van der Waals surface area contributed by atoms with Crippen molar-refractivity contribution in [2.75, 3.05) is 23.1 Å². The van der Waals surface area contributed by atoms with Crippen LogP contribution in [0.15, 0.2) is 36.7 Å². The number of hydroxylamine groups is 1. The van der Waals surface area contributed by atoms with Crippen molar-refractivity contribution in [2.24, 2.45) is 0 Å². The number of anilines is 2. The molecule has 142 valence electrons. The van der Waals surface area contributed by atoms with Gasteiger partial charge >= 0.3 is 6.09 Å². The summed E-state index contributed by atoms with van der Waals surface area (Å²) in [5.74, 6) is -0.842. The standard InChI is InChI=1S/C17H17FN4O5/c1-11(24)19-7-14-9-21(17(25)27-14)12-2-3-16(15(18)6-12)20-5-4-13(8-20)22(26)10-23/h2-6,8,10,14,26H,7,9H2,1H3,(H,19,24). The maximum atomic E-state index is 14.6. The molecule has 2 aromatic rings. The first-order valence-corrected chi connectivity index (χ1v) is 8.03. The van der Waals surface area contributed by atoms with Crippen molar-refractivity contribution in [3.63, 3.8) is 0 Å². The first-order chi connectivity index (χ1) is 12.9. The van der Waals surface area contributed by atoms with Crippen LogP contribution in [0.5, 0.6) is 0 Å². The van der Waals surface area contributed by atoms with Crippen LogP contribution in [0.3, 0.4) is 0 Å². The van der Waals surface area contributed by atoms with E-state index in [9.17, 15) is 24.0 Å². The monoisotopic (exact) mass is 376 g/mol. The largest absolute Gasteiger partial charge is 0.442 e. The van der Waals surface area contributed by atoms with Gasteiger partial charge in [-0.3, -0.25) is 19.7 Å². The van der Waals surface area contributed by atoms with Crippen molar-refractivity contribution in [1.29, 1.82) is 0 Å². The third kappa shape index (κ3) is 3.90. The third-order valence-electron chi connectivity index (χ3n) is 4.02. The molecule has 0 radical (unpaired) electrons. The summed E-state index contributed by atoms with van der Waals surface area (Å²) in [5, 5.41) is 12.3. The minimum absolute atomic E-state index is 0.173. The lowest BCUT2D eigenvalue weighted by Crippen LogP contribution is -2.33. The Hall–Kier alpha value is -3.40. The summed E-state index contributed by atoms with van der Waals surface area (Å²) in [6.45, 7) is 1.73. The van der Waals surface area contributed by atoms with E-state index in [2.05, 4.69) is 5.32 Å². The highest BCUT2D eigenvalue weighted by Crippen LogP contribution is 2.26. The van der Waals surface area contributed by atoms with Gasteiger partial charge in [0.2, 0.25) is 12.3 Å². The average Bonchev–Trinajstić information content (AvgIpc) is 3.26. The van der Waals surface area contributed by atoms with E-state index in [0.29, 0.717) is 10.8 Å². The predicted octanol–water partition coefficient (Wildman–Crippen LogP) is 1.43. The minimum Gasteiger partial charge on any atom is -0.442 e. The van der Waals surface area contributed by atoms with Crippen molar-refractivity contribution < 1.29 is 28.7 Å². The number of aromatic nitrogens is 1. The van der Waals surface area contributed by atoms with Crippen LogP contribution in [0, 0.1) is 5.82 Å². The van der Waals surface area contributed by atoms with Gasteiger partial charge in [-0.1, -0.05) is 0 Å². The Balaban J connectivity index is 1.77. The SMILES string of the molecule is CC(=O)NCC1CN(c2ccc(-n3ccc(N(O)C=O)c3)c(F)c2)C(=O)O1. The van der Waals surface area contributed by atoms with Crippen LogP contribution in [-0.2, 0) is 14.3 Å². The Morgan fingerprint density at radius 1 is 1.48 bits per heavy atom.